The van der Waals surface area contributed by atoms with Crippen molar-refractivity contribution in [3.05, 3.63) is 12.5 Å². The van der Waals surface area contributed by atoms with Gasteiger partial charge in [0.05, 0.1) is 6.20 Å². The average molecular weight is 82.1 g/mol. The molecule has 0 spiro atoms. The summed E-state index contributed by atoms with van der Waals surface area (Å²) in [6.45, 7) is 0.566. The summed E-state index contributed by atoms with van der Waals surface area (Å²) in [6, 6.07) is 0. The van der Waals surface area contributed by atoms with Gasteiger partial charge in [0.15, 0.2) is 6.26 Å². The number of hydrogen-bond donors (Lipinski definition) is 0. The number of nitrogens with zero attached hydrogens (tertiary/aromatic N) is 1. The molecular weight excluding hydrogens is 78.0 g/mol. The van der Waals surface area contributed by atoms with Crippen molar-refractivity contribution in [1.82, 2.24) is 0 Å². The van der Waals surface area contributed by atoms with Crippen molar-refractivity contribution in [3.63, 3.8) is 0 Å². The molecule has 0 saturated heterocycles. The minimum Gasteiger partial charge on any atom is -0.482 e. The topological polar surface area (TPSA) is 21.6 Å². The van der Waals surface area contributed by atoms with Crippen LogP contribution in [0.15, 0.2) is 11.2 Å². The molecule has 0 fully saturated rings. The smallest absolute Gasteiger partial charge is 0.181 e. The van der Waals surface area contributed by atoms with Crippen LogP contribution < -0.4 is 0 Å². The van der Waals surface area contributed by atoms with Gasteiger partial charge in [-0.25, -0.2) is 0 Å². The van der Waals surface area contributed by atoms with Crippen molar-refractivity contribution in [2.24, 2.45) is 4.99 Å². The van der Waals surface area contributed by atoms with E-state index in [9.17, 15) is 0 Å². The van der Waals surface area contributed by atoms with Crippen LogP contribution in [0.3, 0.4) is 0 Å². The van der Waals surface area contributed by atoms with Gasteiger partial charge in [-0.15, -0.1) is 0 Å². The fourth-order valence-electron chi connectivity index (χ4n) is 0.249. The van der Waals surface area contributed by atoms with Crippen LogP contribution in [0.25, 0.3) is 0 Å². The Morgan fingerprint density at radius 2 is 2.83 bits per heavy atom. The third-order valence-corrected chi connectivity index (χ3v) is 0.474. The maximum Gasteiger partial charge on any atom is 0.181 e. The first-order chi connectivity index (χ1) is 3.00. The molecule has 1 aliphatic heterocycles. The Hall–Kier alpha value is -0.790. The molecule has 0 aromatic rings. The quantitative estimate of drug-likeness (QED) is 0.413. The summed E-state index contributed by atoms with van der Waals surface area (Å²) >= 11 is 0. The Balaban J connectivity index is 2.46. The molecule has 1 heterocycles. The summed E-state index contributed by atoms with van der Waals surface area (Å²) in [6.07, 6.45) is 5.63. The highest BCUT2D eigenvalue weighted by molar-refractivity contribution is 5.59. The maximum atomic E-state index is 4.61. The molecule has 0 amide bonds. The van der Waals surface area contributed by atoms with E-state index in [4.69, 9.17) is 0 Å². The third kappa shape index (κ3) is 0.578. The lowest BCUT2D eigenvalue weighted by molar-refractivity contribution is 0.276. The molecule has 0 aliphatic carbocycles. The first-order valence-corrected chi connectivity index (χ1v) is 1.71. The zero-order chi connectivity index (χ0) is 4.24. The largest absolute Gasteiger partial charge is 0.482 e. The average Bonchev–Trinajstić information content (AvgIpc) is 1.72. The fraction of sp³-hybridized carbons (Fsp3) is 0.250. The van der Waals surface area contributed by atoms with Gasteiger partial charge in [0, 0.05) is 6.21 Å². The van der Waals surface area contributed by atoms with Crippen molar-refractivity contribution in [2.75, 3.05) is 6.61 Å². The Labute approximate surface area is 36.1 Å². The van der Waals surface area contributed by atoms with E-state index in [-0.39, 0.29) is 0 Å². The predicted octanol–water partition coefficient (Wildman–Crippen LogP) is 0.362. The summed E-state index contributed by atoms with van der Waals surface area (Å²) in [4.78, 5) is 3.69. The number of ether oxygens (including phenoxy) is 1. The van der Waals surface area contributed by atoms with Crippen molar-refractivity contribution in [1.29, 1.82) is 0 Å². The number of hydrogen-bond acceptors (Lipinski definition) is 2. The van der Waals surface area contributed by atoms with E-state index < -0.39 is 0 Å². The van der Waals surface area contributed by atoms with Gasteiger partial charge in [0.2, 0.25) is 0 Å². The zero-order valence-corrected chi connectivity index (χ0v) is 3.22. The summed E-state index contributed by atoms with van der Waals surface area (Å²) in [5.41, 5.74) is 0. The second kappa shape index (κ2) is 1.60. The Morgan fingerprint density at radius 1 is 1.83 bits per heavy atom. The van der Waals surface area contributed by atoms with E-state index in [0.29, 0.717) is 6.61 Å². The van der Waals surface area contributed by atoms with Crippen LogP contribution in [0.5, 0.6) is 0 Å². The second-order valence-electron chi connectivity index (χ2n) is 0.890. The number of rotatable bonds is 0. The van der Waals surface area contributed by atoms with Gasteiger partial charge in [-0.05, 0) is 0 Å². The van der Waals surface area contributed by atoms with E-state index in [1.54, 1.807) is 6.21 Å². The minimum atomic E-state index is 0.566. The molecule has 0 N–H and O–H groups in total. The van der Waals surface area contributed by atoms with Crippen molar-refractivity contribution in [2.45, 2.75) is 0 Å². The van der Waals surface area contributed by atoms with E-state index in [2.05, 4.69) is 16.0 Å². The number of aliphatic imine (C=N–C) groups is 1. The Morgan fingerprint density at radius 3 is 3.00 bits per heavy atom. The second-order valence-corrected chi connectivity index (χ2v) is 0.890. The van der Waals surface area contributed by atoms with Gasteiger partial charge in [-0.3, -0.25) is 4.99 Å². The van der Waals surface area contributed by atoms with Crippen LogP contribution in [0.2, 0.25) is 0 Å². The molecule has 0 aromatic carbocycles. The molecule has 0 saturated carbocycles. The monoisotopic (exact) mass is 82.0 g/mol. The molecule has 0 bridgehead atoms. The highest BCUT2D eigenvalue weighted by Crippen LogP contribution is 1.80. The van der Waals surface area contributed by atoms with E-state index in [1.165, 1.54) is 6.20 Å². The molecule has 2 nitrogen and oxygen atoms in total. The first-order valence-electron chi connectivity index (χ1n) is 1.71. The van der Waals surface area contributed by atoms with Crippen LogP contribution >= 0.6 is 0 Å². The maximum absolute atomic E-state index is 4.61. The summed E-state index contributed by atoms with van der Waals surface area (Å²) in [5, 5.41) is 0. The minimum absolute atomic E-state index is 0.566. The first kappa shape index (κ1) is 3.40. The molecule has 1 aliphatic rings. The SMILES string of the molecule is [C]1=CN=CCO1. The Bertz CT molecular complexity index is 73.5. The molecule has 31 valence electrons. The van der Waals surface area contributed by atoms with Gasteiger partial charge in [-0.2, -0.15) is 0 Å². The molecule has 1 rings (SSSR count). The molecular formula is C4H4NO. The predicted molar refractivity (Wildman–Crippen MR) is 22.3 cm³/mol. The lowest BCUT2D eigenvalue weighted by Crippen LogP contribution is -1.90. The molecule has 0 atom stereocenters. The fourth-order valence-corrected chi connectivity index (χ4v) is 0.249. The molecule has 1 radical (unpaired) electrons. The lowest BCUT2D eigenvalue weighted by Gasteiger charge is -1.92. The molecule has 0 unspecified atom stereocenters. The van der Waals surface area contributed by atoms with Crippen LogP contribution in [0.1, 0.15) is 0 Å². The highest BCUT2D eigenvalue weighted by Gasteiger charge is 1.78. The van der Waals surface area contributed by atoms with Crippen molar-refractivity contribution < 1.29 is 4.74 Å². The van der Waals surface area contributed by atoms with Crippen LogP contribution in [-0.2, 0) is 4.74 Å². The van der Waals surface area contributed by atoms with Gasteiger partial charge >= 0.3 is 0 Å². The Kier molecular flexibility index (Phi) is 0.906. The third-order valence-electron chi connectivity index (χ3n) is 0.474. The standard InChI is InChI=1S/C4H4NO/c1-3-6-4-2-5-1/h1-2H,3H2. The van der Waals surface area contributed by atoms with Gasteiger partial charge in [0.25, 0.3) is 0 Å². The van der Waals surface area contributed by atoms with Crippen LogP contribution in [-0.4, -0.2) is 12.8 Å². The summed E-state index contributed by atoms with van der Waals surface area (Å²) in [5.74, 6) is 0. The van der Waals surface area contributed by atoms with Crippen LogP contribution in [0.4, 0.5) is 0 Å². The zero-order valence-electron chi connectivity index (χ0n) is 3.22. The van der Waals surface area contributed by atoms with Gasteiger partial charge in [0.1, 0.15) is 6.61 Å². The van der Waals surface area contributed by atoms with Crippen molar-refractivity contribution in [3.8, 4) is 0 Å². The molecule has 0 aromatic heterocycles. The van der Waals surface area contributed by atoms with E-state index in [1.807, 2.05) is 0 Å². The van der Waals surface area contributed by atoms with Gasteiger partial charge in [-0.1, -0.05) is 0 Å². The van der Waals surface area contributed by atoms with Crippen molar-refractivity contribution >= 4 is 6.21 Å². The summed E-state index contributed by atoms with van der Waals surface area (Å²) < 4.78 is 4.61. The normalized spacial score (nSPS) is 17.3. The molecule has 2 heteroatoms. The molecule has 6 heavy (non-hydrogen) atoms. The lowest BCUT2D eigenvalue weighted by atomic mass is 10.7. The van der Waals surface area contributed by atoms with Gasteiger partial charge < -0.3 is 4.74 Å². The summed E-state index contributed by atoms with van der Waals surface area (Å²) in [7, 11) is 0. The highest BCUT2D eigenvalue weighted by atomic mass is 16.5. The van der Waals surface area contributed by atoms with Crippen LogP contribution in [0, 0.1) is 6.26 Å². The van der Waals surface area contributed by atoms with E-state index >= 15 is 0 Å². The van der Waals surface area contributed by atoms with E-state index in [0.717, 1.165) is 0 Å².